The Morgan fingerprint density at radius 3 is 1.93 bits per heavy atom. The summed E-state index contributed by atoms with van der Waals surface area (Å²) in [5, 5.41) is 5.71. The minimum absolute atomic E-state index is 0.0278. The molecular weight excluding hydrogens is 390 g/mol. The van der Waals surface area contributed by atoms with Gasteiger partial charge in [-0.15, -0.1) is 0 Å². The average molecular weight is 418 g/mol. The van der Waals surface area contributed by atoms with Crippen molar-refractivity contribution < 1.29 is 18.0 Å². The number of nitrogens with zero attached hydrogens (tertiary/aromatic N) is 1. The first-order chi connectivity index (χ1) is 13.8. The third-order valence-corrected chi connectivity index (χ3v) is 6.26. The highest BCUT2D eigenvalue weighted by molar-refractivity contribution is 7.91. The highest BCUT2D eigenvalue weighted by atomic mass is 32.2. The van der Waals surface area contributed by atoms with Gasteiger partial charge < -0.3 is 15.5 Å². The number of hydrogen-bond acceptors (Lipinski definition) is 5. The fraction of sp³-hybridized carbons (Fsp3) is 0.333. The topological polar surface area (TPSA) is 95.6 Å². The third kappa shape index (κ3) is 6.05. The molecule has 0 aliphatic rings. The van der Waals surface area contributed by atoms with Gasteiger partial charge in [-0.25, -0.2) is 8.42 Å². The molecule has 2 rings (SSSR count). The van der Waals surface area contributed by atoms with Crippen LogP contribution in [0.3, 0.4) is 0 Å². The van der Waals surface area contributed by atoms with Crippen molar-refractivity contribution in [2.24, 2.45) is 0 Å². The van der Waals surface area contributed by atoms with Gasteiger partial charge >= 0.3 is 0 Å². The summed E-state index contributed by atoms with van der Waals surface area (Å²) in [5.74, 6) is -0.247. The molecule has 7 nitrogen and oxygen atoms in total. The zero-order chi connectivity index (χ0) is 21.4. The Labute approximate surface area is 172 Å². The highest BCUT2D eigenvalue weighted by Gasteiger charge is 2.13. The van der Waals surface area contributed by atoms with Crippen LogP contribution in [0.5, 0.6) is 0 Å². The van der Waals surface area contributed by atoms with Crippen LogP contribution in [-0.2, 0) is 14.6 Å². The quantitative estimate of drug-likeness (QED) is 0.654. The second kappa shape index (κ2) is 10.1. The molecule has 156 valence electrons. The summed E-state index contributed by atoms with van der Waals surface area (Å²) in [6.07, 6.45) is 0. The molecule has 0 bridgehead atoms. The Bertz CT molecular complexity index is 935. The maximum atomic E-state index is 12.3. The molecule has 2 N–H and O–H groups in total. The van der Waals surface area contributed by atoms with Gasteiger partial charge in [-0.05, 0) is 62.4 Å². The number of benzene rings is 2. The van der Waals surface area contributed by atoms with Gasteiger partial charge in [0, 0.05) is 30.0 Å². The summed E-state index contributed by atoms with van der Waals surface area (Å²) in [4.78, 5) is 26.4. The minimum Gasteiger partial charge on any atom is -0.376 e. The van der Waals surface area contributed by atoms with Crippen molar-refractivity contribution >= 4 is 33.0 Å². The van der Waals surface area contributed by atoms with E-state index in [2.05, 4.69) is 10.6 Å². The molecule has 0 atom stereocenters. The molecule has 0 unspecified atom stereocenters. The minimum atomic E-state index is -3.24. The number of carbonyl (C=O) groups is 2. The monoisotopic (exact) mass is 417 g/mol. The predicted octanol–water partition coefficient (Wildman–Crippen LogP) is 3.01. The van der Waals surface area contributed by atoms with Gasteiger partial charge in [-0.2, -0.15) is 0 Å². The molecule has 0 radical (unpaired) electrons. The SMILES string of the molecule is CCN(CC)C(=O)c1ccc(NC(=O)CNc2ccc(S(=O)(=O)CC)cc2)cc1. The summed E-state index contributed by atoms with van der Waals surface area (Å²) in [6.45, 7) is 6.77. The molecule has 29 heavy (non-hydrogen) atoms. The van der Waals surface area contributed by atoms with Crippen molar-refractivity contribution in [3.63, 3.8) is 0 Å². The lowest BCUT2D eigenvalue weighted by atomic mass is 10.1. The molecular formula is C21H27N3O4S. The zero-order valence-corrected chi connectivity index (χ0v) is 17.8. The van der Waals surface area contributed by atoms with E-state index in [9.17, 15) is 18.0 Å². The molecule has 0 spiro atoms. The lowest BCUT2D eigenvalue weighted by Gasteiger charge is -2.18. The number of anilines is 2. The first kappa shape index (κ1) is 22.4. The first-order valence-electron chi connectivity index (χ1n) is 9.56. The largest absolute Gasteiger partial charge is 0.376 e. The van der Waals surface area contributed by atoms with E-state index < -0.39 is 9.84 Å². The normalized spacial score (nSPS) is 11.0. The Morgan fingerprint density at radius 2 is 1.41 bits per heavy atom. The molecule has 8 heteroatoms. The van der Waals surface area contributed by atoms with E-state index >= 15 is 0 Å². The van der Waals surface area contributed by atoms with Gasteiger partial charge in [0.15, 0.2) is 9.84 Å². The second-order valence-electron chi connectivity index (χ2n) is 6.38. The highest BCUT2D eigenvalue weighted by Crippen LogP contribution is 2.15. The van der Waals surface area contributed by atoms with Gasteiger partial charge in [-0.3, -0.25) is 9.59 Å². The van der Waals surface area contributed by atoms with Crippen LogP contribution < -0.4 is 10.6 Å². The Kier molecular flexibility index (Phi) is 7.78. The fourth-order valence-corrected chi connectivity index (χ4v) is 3.61. The fourth-order valence-electron chi connectivity index (χ4n) is 2.72. The van der Waals surface area contributed by atoms with Crippen LogP contribution in [0, 0.1) is 0 Å². The molecule has 0 fully saturated rings. The molecule has 0 heterocycles. The molecule has 0 saturated carbocycles. The summed E-state index contributed by atoms with van der Waals surface area (Å²) in [5.41, 5.74) is 1.82. The molecule has 0 aliphatic carbocycles. The van der Waals surface area contributed by atoms with Crippen molar-refractivity contribution in [1.82, 2.24) is 4.90 Å². The number of sulfone groups is 1. The van der Waals surface area contributed by atoms with Gasteiger partial charge in [-0.1, -0.05) is 6.92 Å². The van der Waals surface area contributed by atoms with Crippen LogP contribution >= 0.6 is 0 Å². The molecule has 2 aromatic carbocycles. The Balaban J connectivity index is 1.90. The Hall–Kier alpha value is -2.87. The van der Waals surface area contributed by atoms with E-state index in [0.29, 0.717) is 30.0 Å². The summed E-state index contributed by atoms with van der Waals surface area (Å²) >= 11 is 0. The van der Waals surface area contributed by atoms with E-state index in [1.165, 1.54) is 12.1 Å². The van der Waals surface area contributed by atoms with Crippen molar-refractivity contribution in [3.05, 3.63) is 54.1 Å². The first-order valence-corrected chi connectivity index (χ1v) is 11.2. The van der Waals surface area contributed by atoms with E-state index in [1.807, 2.05) is 13.8 Å². The van der Waals surface area contributed by atoms with Crippen molar-refractivity contribution in [2.45, 2.75) is 25.7 Å². The van der Waals surface area contributed by atoms with Crippen LogP contribution in [0.25, 0.3) is 0 Å². The van der Waals surface area contributed by atoms with Crippen molar-refractivity contribution in [3.8, 4) is 0 Å². The maximum absolute atomic E-state index is 12.3. The molecule has 2 aromatic rings. The van der Waals surface area contributed by atoms with Gasteiger partial charge in [0.2, 0.25) is 5.91 Å². The maximum Gasteiger partial charge on any atom is 0.253 e. The molecule has 0 aromatic heterocycles. The van der Waals surface area contributed by atoms with Crippen molar-refractivity contribution in [1.29, 1.82) is 0 Å². The average Bonchev–Trinajstić information content (AvgIpc) is 2.74. The van der Waals surface area contributed by atoms with Crippen molar-refractivity contribution in [2.75, 3.05) is 36.0 Å². The lowest BCUT2D eigenvalue weighted by molar-refractivity contribution is -0.114. The number of rotatable bonds is 9. The van der Waals surface area contributed by atoms with Gasteiger partial charge in [0.1, 0.15) is 0 Å². The van der Waals surface area contributed by atoms with Crippen LogP contribution in [0.4, 0.5) is 11.4 Å². The molecule has 2 amide bonds. The van der Waals surface area contributed by atoms with Gasteiger partial charge in [0.05, 0.1) is 17.2 Å². The van der Waals surface area contributed by atoms with E-state index in [-0.39, 0.29) is 29.0 Å². The summed E-state index contributed by atoms with van der Waals surface area (Å²) in [7, 11) is -3.24. The second-order valence-corrected chi connectivity index (χ2v) is 8.66. The summed E-state index contributed by atoms with van der Waals surface area (Å²) in [6, 6.07) is 13.1. The predicted molar refractivity (Wildman–Crippen MR) is 115 cm³/mol. The van der Waals surface area contributed by atoms with Crippen LogP contribution in [0.1, 0.15) is 31.1 Å². The smallest absolute Gasteiger partial charge is 0.253 e. The lowest BCUT2D eigenvalue weighted by Crippen LogP contribution is -2.30. The van der Waals surface area contributed by atoms with Crippen LogP contribution in [0.15, 0.2) is 53.4 Å². The zero-order valence-electron chi connectivity index (χ0n) is 16.9. The summed E-state index contributed by atoms with van der Waals surface area (Å²) < 4.78 is 23.6. The number of nitrogens with one attached hydrogen (secondary N) is 2. The number of amides is 2. The van der Waals surface area contributed by atoms with E-state index in [4.69, 9.17) is 0 Å². The molecule has 0 saturated heterocycles. The standard InChI is InChI=1S/C21H27N3O4S/c1-4-24(5-2)21(26)16-7-9-18(10-8-16)23-20(25)15-22-17-11-13-19(14-12-17)29(27,28)6-3/h7-14,22H,4-6,15H2,1-3H3,(H,23,25). The van der Waals surface area contributed by atoms with E-state index in [1.54, 1.807) is 48.2 Å². The van der Waals surface area contributed by atoms with Crippen LogP contribution in [-0.4, -0.2) is 50.5 Å². The number of hydrogen-bond donors (Lipinski definition) is 2. The molecule has 0 aliphatic heterocycles. The third-order valence-electron chi connectivity index (χ3n) is 4.51. The van der Waals surface area contributed by atoms with Crippen LogP contribution in [0.2, 0.25) is 0 Å². The van der Waals surface area contributed by atoms with Gasteiger partial charge in [0.25, 0.3) is 5.91 Å². The van der Waals surface area contributed by atoms with E-state index in [0.717, 1.165) is 0 Å². The number of carbonyl (C=O) groups excluding carboxylic acids is 2. The Morgan fingerprint density at radius 1 is 0.862 bits per heavy atom.